The summed E-state index contributed by atoms with van der Waals surface area (Å²) < 4.78 is 1.29. The molecule has 1 aliphatic heterocycles. The smallest absolute Gasteiger partial charge is 0.230 e. The fourth-order valence-electron chi connectivity index (χ4n) is 3.55. The van der Waals surface area contributed by atoms with E-state index in [-0.39, 0.29) is 0 Å². The van der Waals surface area contributed by atoms with Gasteiger partial charge in [-0.15, -0.1) is 11.3 Å². The molecule has 3 aromatic rings. The van der Waals surface area contributed by atoms with Crippen LogP contribution in [0.5, 0.6) is 0 Å². The third-order valence-electron chi connectivity index (χ3n) is 4.88. The number of fused-ring (bicyclic) bond motifs is 1. The van der Waals surface area contributed by atoms with Crippen molar-refractivity contribution < 1.29 is 0 Å². The second-order valence-corrected chi connectivity index (χ2v) is 7.58. The zero-order valence-electron chi connectivity index (χ0n) is 14.6. The number of benzene rings is 1. The Morgan fingerprint density at radius 2 is 1.92 bits per heavy atom. The van der Waals surface area contributed by atoms with Gasteiger partial charge in [-0.1, -0.05) is 18.2 Å². The lowest BCUT2D eigenvalue weighted by atomic mass is 10.0. The van der Waals surface area contributed by atoms with Crippen LogP contribution in [-0.4, -0.2) is 40.5 Å². The molecule has 0 aliphatic carbocycles. The normalized spacial score (nSPS) is 15.8. The molecular formula is C20H21N5S. The molecule has 0 amide bonds. The summed E-state index contributed by atoms with van der Waals surface area (Å²) in [6.45, 7) is 2.90. The highest BCUT2D eigenvalue weighted by Crippen LogP contribution is 2.38. The van der Waals surface area contributed by atoms with Gasteiger partial charge in [0.25, 0.3) is 0 Å². The van der Waals surface area contributed by atoms with E-state index >= 15 is 0 Å². The van der Waals surface area contributed by atoms with Gasteiger partial charge in [0.1, 0.15) is 0 Å². The summed E-state index contributed by atoms with van der Waals surface area (Å²) in [7, 11) is 0. The number of nitriles is 1. The van der Waals surface area contributed by atoms with Crippen molar-refractivity contribution in [3.63, 3.8) is 0 Å². The minimum absolute atomic E-state index is 0.379. The number of rotatable bonds is 5. The predicted octanol–water partition coefficient (Wildman–Crippen LogP) is 4.21. The van der Waals surface area contributed by atoms with Gasteiger partial charge >= 0.3 is 0 Å². The lowest BCUT2D eigenvalue weighted by Crippen LogP contribution is -2.43. The van der Waals surface area contributed by atoms with Crippen LogP contribution < -0.4 is 4.90 Å². The van der Waals surface area contributed by atoms with Crippen LogP contribution in [0.4, 0.5) is 10.9 Å². The maximum Gasteiger partial charge on any atom is 0.230 e. The van der Waals surface area contributed by atoms with Crippen molar-refractivity contribution in [3.05, 3.63) is 48.8 Å². The Morgan fingerprint density at radius 3 is 2.65 bits per heavy atom. The molecule has 2 aromatic heterocycles. The molecule has 0 radical (unpaired) electrons. The average molecular weight is 363 g/mol. The zero-order chi connectivity index (χ0) is 17.8. The Bertz CT molecular complexity index is 860. The van der Waals surface area contributed by atoms with E-state index in [0.29, 0.717) is 12.5 Å². The fourth-order valence-corrected chi connectivity index (χ4v) is 4.68. The number of thiophene rings is 1. The summed E-state index contributed by atoms with van der Waals surface area (Å²) in [5, 5.41) is 11.3. The summed E-state index contributed by atoms with van der Waals surface area (Å²) in [6.07, 6.45) is 6.33. The molecule has 4 rings (SSSR count). The number of nitrogens with zero attached hydrogens (tertiary/aromatic N) is 5. The molecule has 132 valence electrons. The van der Waals surface area contributed by atoms with Crippen molar-refractivity contribution in [1.29, 1.82) is 5.26 Å². The second kappa shape index (κ2) is 7.81. The molecule has 3 heterocycles. The Kier molecular flexibility index (Phi) is 5.09. The number of hydrogen-bond acceptors (Lipinski definition) is 6. The van der Waals surface area contributed by atoms with Crippen molar-refractivity contribution in [2.24, 2.45) is 0 Å². The maximum atomic E-state index is 8.80. The average Bonchev–Trinajstić information content (AvgIpc) is 3.12. The van der Waals surface area contributed by atoms with Crippen LogP contribution in [0.15, 0.2) is 48.8 Å². The lowest BCUT2D eigenvalue weighted by molar-refractivity contribution is 0.216. The summed E-state index contributed by atoms with van der Waals surface area (Å²) in [5.74, 6) is 0.773. The van der Waals surface area contributed by atoms with Crippen LogP contribution in [-0.2, 0) is 0 Å². The fraction of sp³-hybridized carbons (Fsp3) is 0.350. The second-order valence-electron chi connectivity index (χ2n) is 6.52. The van der Waals surface area contributed by atoms with Crippen molar-refractivity contribution in [2.45, 2.75) is 25.3 Å². The van der Waals surface area contributed by atoms with Crippen LogP contribution in [0.1, 0.15) is 19.3 Å². The van der Waals surface area contributed by atoms with Gasteiger partial charge in [-0.3, -0.25) is 4.90 Å². The standard InChI is InChI=1S/C20H21N5S/c21-9-3-12-24-13-7-17(8-14-24)25(20-22-10-4-11-23-20)19-15-16-5-1-2-6-18(16)26-19/h1-2,4-6,10-11,15,17H,3,7-8,12-14H2. The van der Waals surface area contributed by atoms with E-state index in [1.165, 1.54) is 15.1 Å². The first-order chi connectivity index (χ1) is 12.8. The molecular weight excluding hydrogens is 342 g/mol. The topological polar surface area (TPSA) is 56.1 Å². The van der Waals surface area contributed by atoms with E-state index in [1.807, 2.05) is 18.5 Å². The Morgan fingerprint density at radius 1 is 1.15 bits per heavy atom. The third-order valence-corrected chi connectivity index (χ3v) is 6.00. The number of anilines is 2. The van der Waals surface area contributed by atoms with E-state index in [1.54, 1.807) is 11.3 Å². The van der Waals surface area contributed by atoms with Crippen LogP contribution in [0.2, 0.25) is 0 Å². The molecule has 0 atom stereocenters. The maximum absolute atomic E-state index is 8.80. The van der Waals surface area contributed by atoms with Gasteiger partial charge in [0, 0.05) is 49.2 Å². The van der Waals surface area contributed by atoms with E-state index in [2.05, 4.69) is 56.2 Å². The van der Waals surface area contributed by atoms with Gasteiger partial charge in [-0.2, -0.15) is 5.26 Å². The first kappa shape index (κ1) is 17.0. The molecule has 1 fully saturated rings. The molecule has 0 unspecified atom stereocenters. The quantitative estimate of drug-likeness (QED) is 0.680. The summed E-state index contributed by atoms with van der Waals surface area (Å²) >= 11 is 1.80. The molecule has 0 bridgehead atoms. The van der Waals surface area contributed by atoms with Crippen LogP contribution >= 0.6 is 11.3 Å². The SMILES string of the molecule is N#CCCN1CCC(N(c2ncccn2)c2cc3ccccc3s2)CC1. The molecule has 1 aliphatic rings. The van der Waals surface area contributed by atoms with E-state index < -0.39 is 0 Å². The van der Waals surface area contributed by atoms with Crippen molar-refractivity contribution in [2.75, 3.05) is 24.5 Å². The third kappa shape index (κ3) is 3.55. The Hall–Kier alpha value is -2.49. The number of piperidine rings is 1. The first-order valence-electron chi connectivity index (χ1n) is 8.99. The molecule has 0 spiro atoms. The van der Waals surface area contributed by atoms with Crippen molar-refractivity contribution in [1.82, 2.24) is 14.9 Å². The van der Waals surface area contributed by atoms with Gasteiger partial charge in [0.15, 0.2) is 0 Å². The van der Waals surface area contributed by atoms with Gasteiger partial charge in [-0.05, 0) is 36.4 Å². The molecule has 1 aromatic carbocycles. The minimum Gasteiger partial charge on any atom is -0.302 e. The molecule has 6 heteroatoms. The largest absolute Gasteiger partial charge is 0.302 e. The summed E-state index contributed by atoms with van der Waals surface area (Å²) in [6, 6.07) is 15.2. The minimum atomic E-state index is 0.379. The molecule has 1 saturated heterocycles. The Balaban J connectivity index is 1.61. The zero-order valence-corrected chi connectivity index (χ0v) is 15.4. The highest BCUT2D eigenvalue weighted by atomic mass is 32.1. The van der Waals surface area contributed by atoms with Crippen LogP contribution in [0.25, 0.3) is 10.1 Å². The molecule has 0 saturated carbocycles. The molecule has 26 heavy (non-hydrogen) atoms. The first-order valence-corrected chi connectivity index (χ1v) is 9.81. The van der Waals surface area contributed by atoms with Crippen LogP contribution in [0.3, 0.4) is 0 Å². The van der Waals surface area contributed by atoms with Crippen molar-refractivity contribution >= 4 is 32.4 Å². The predicted molar refractivity (Wildman–Crippen MR) is 106 cm³/mol. The van der Waals surface area contributed by atoms with Gasteiger partial charge < -0.3 is 4.90 Å². The van der Waals surface area contributed by atoms with Gasteiger partial charge in [0.2, 0.25) is 5.95 Å². The monoisotopic (exact) mass is 363 g/mol. The molecule has 0 N–H and O–H groups in total. The lowest BCUT2D eigenvalue weighted by Gasteiger charge is -2.37. The number of aromatic nitrogens is 2. The van der Waals surface area contributed by atoms with E-state index in [4.69, 9.17) is 5.26 Å². The highest BCUT2D eigenvalue weighted by Gasteiger charge is 2.28. The number of hydrogen-bond donors (Lipinski definition) is 0. The molecule has 5 nitrogen and oxygen atoms in total. The van der Waals surface area contributed by atoms with Crippen LogP contribution in [0, 0.1) is 11.3 Å². The van der Waals surface area contributed by atoms with E-state index in [0.717, 1.165) is 38.4 Å². The summed E-state index contributed by atoms with van der Waals surface area (Å²) in [5.41, 5.74) is 0. The van der Waals surface area contributed by atoms with Gasteiger partial charge in [0.05, 0.1) is 11.1 Å². The number of likely N-dealkylation sites (tertiary alicyclic amines) is 1. The Labute approximate surface area is 157 Å². The van der Waals surface area contributed by atoms with Gasteiger partial charge in [-0.25, -0.2) is 9.97 Å². The highest BCUT2D eigenvalue weighted by molar-refractivity contribution is 7.22. The van der Waals surface area contributed by atoms with E-state index in [9.17, 15) is 0 Å². The van der Waals surface area contributed by atoms with Crippen molar-refractivity contribution in [3.8, 4) is 6.07 Å². The summed E-state index contributed by atoms with van der Waals surface area (Å²) in [4.78, 5) is 13.8.